The first-order valence-corrected chi connectivity index (χ1v) is 10.6. The molecule has 0 rings (SSSR count). The number of rotatable bonds is 15. The van der Waals surface area contributed by atoms with Crippen LogP contribution < -0.4 is 0 Å². The van der Waals surface area contributed by atoms with Gasteiger partial charge in [-0.05, 0) is 6.42 Å². The van der Waals surface area contributed by atoms with Crippen molar-refractivity contribution >= 4 is 11.8 Å². The Labute approximate surface area is 161 Å². The molecule has 0 radical (unpaired) electrons. The Balaban J connectivity index is 0. The van der Waals surface area contributed by atoms with Crippen molar-refractivity contribution in [2.45, 2.75) is 118 Å². The Morgan fingerprint density at radius 3 is 1.27 bits per heavy atom. The number of hydrogen-bond acceptors (Lipinski definition) is 3. The quantitative estimate of drug-likeness (QED) is 0.338. The predicted molar refractivity (Wildman–Crippen MR) is 109 cm³/mol. The van der Waals surface area contributed by atoms with Crippen LogP contribution in [0.5, 0.6) is 0 Å². The summed E-state index contributed by atoms with van der Waals surface area (Å²) in [6.45, 7) is 7.27. The maximum Gasteiger partial charge on any atom is 0.303 e. The van der Waals surface area contributed by atoms with Gasteiger partial charge in [-0.1, -0.05) is 105 Å². The first kappa shape index (κ1) is 27.3. The van der Waals surface area contributed by atoms with Gasteiger partial charge in [0.05, 0.1) is 0 Å². The van der Waals surface area contributed by atoms with Crippen molar-refractivity contribution in [3.05, 3.63) is 0 Å². The van der Waals surface area contributed by atoms with Crippen molar-refractivity contribution in [1.82, 2.24) is 0 Å². The fourth-order valence-corrected chi connectivity index (χ4v) is 2.53. The van der Waals surface area contributed by atoms with Gasteiger partial charge in [0.2, 0.25) is 0 Å². The van der Waals surface area contributed by atoms with Crippen LogP contribution in [0.2, 0.25) is 0 Å². The molecule has 26 heavy (non-hydrogen) atoms. The van der Waals surface area contributed by atoms with Crippen LogP contribution in [0.3, 0.4) is 0 Å². The second-order valence-corrected chi connectivity index (χ2v) is 8.22. The second-order valence-electron chi connectivity index (χ2n) is 8.22. The Bertz CT molecular complexity index is 332. The van der Waals surface area contributed by atoms with E-state index >= 15 is 0 Å². The fourth-order valence-electron chi connectivity index (χ4n) is 2.53. The number of ketones is 1. The van der Waals surface area contributed by atoms with Gasteiger partial charge in [-0.25, -0.2) is 0 Å². The highest BCUT2D eigenvalue weighted by Gasteiger charge is 2.19. The lowest BCUT2D eigenvalue weighted by molar-refractivity contribution is -0.137. The third kappa shape index (κ3) is 23.1. The molecule has 156 valence electrons. The number of carbonyl (C=O) groups is 2. The summed E-state index contributed by atoms with van der Waals surface area (Å²) < 4.78 is 0. The van der Waals surface area contributed by atoms with Crippen LogP contribution in [-0.4, -0.2) is 28.6 Å². The van der Waals surface area contributed by atoms with E-state index in [1.54, 1.807) is 20.8 Å². The SMILES string of the molecule is CC(C)(C)C(=O)CO.CCCCCCCCCCCCCCCC(=O)O. The van der Waals surface area contributed by atoms with Gasteiger partial charge >= 0.3 is 5.97 Å². The van der Waals surface area contributed by atoms with Crippen molar-refractivity contribution in [2.75, 3.05) is 6.61 Å². The van der Waals surface area contributed by atoms with E-state index in [1.807, 2.05) is 0 Å². The first-order valence-electron chi connectivity index (χ1n) is 10.6. The van der Waals surface area contributed by atoms with Gasteiger partial charge < -0.3 is 10.2 Å². The van der Waals surface area contributed by atoms with E-state index < -0.39 is 5.97 Å². The average Bonchev–Trinajstić information content (AvgIpc) is 2.57. The van der Waals surface area contributed by atoms with Gasteiger partial charge in [0, 0.05) is 11.8 Å². The number of aliphatic hydroxyl groups is 1. The van der Waals surface area contributed by atoms with Crippen molar-refractivity contribution in [1.29, 1.82) is 0 Å². The van der Waals surface area contributed by atoms with E-state index in [2.05, 4.69) is 6.92 Å². The standard InChI is InChI=1S/C16H32O2.C6H12O2/c1-2-3-4-5-6-7-8-9-10-11-12-13-14-15-16(17)18;1-6(2,3)5(8)4-7/h2-15H2,1H3,(H,17,18);7H,4H2,1-3H3. The smallest absolute Gasteiger partial charge is 0.303 e. The van der Waals surface area contributed by atoms with E-state index in [9.17, 15) is 9.59 Å². The fraction of sp³-hybridized carbons (Fsp3) is 0.909. The number of aliphatic carboxylic acids is 1. The Morgan fingerprint density at radius 2 is 1.04 bits per heavy atom. The number of carboxylic acid groups (broad SMARTS) is 1. The molecular weight excluding hydrogens is 328 g/mol. The van der Waals surface area contributed by atoms with Crippen LogP contribution in [-0.2, 0) is 9.59 Å². The topological polar surface area (TPSA) is 74.6 Å². The van der Waals surface area contributed by atoms with Crippen molar-refractivity contribution in [2.24, 2.45) is 5.41 Å². The summed E-state index contributed by atoms with van der Waals surface area (Å²) >= 11 is 0. The van der Waals surface area contributed by atoms with Crippen LogP contribution in [0.15, 0.2) is 0 Å². The Morgan fingerprint density at radius 1 is 0.692 bits per heavy atom. The molecule has 0 aromatic heterocycles. The molecule has 0 amide bonds. The van der Waals surface area contributed by atoms with Gasteiger partial charge in [-0.2, -0.15) is 0 Å². The normalized spacial score (nSPS) is 11.0. The lowest BCUT2D eigenvalue weighted by atomic mass is 9.91. The van der Waals surface area contributed by atoms with Crippen LogP contribution in [0, 0.1) is 5.41 Å². The maximum absolute atomic E-state index is 10.6. The third-order valence-corrected chi connectivity index (χ3v) is 4.47. The molecule has 2 N–H and O–H groups in total. The lowest BCUT2D eigenvalue weighted by Gasteiger charge is -2.13. The highest BCUT2D eigenvalue weighted by molar-refractivity contribution is 5.84. The Hall–Kier alpha value is -0.900. The second kappa shape index (κ2) is 18.9. The molecule has 0 saturated carbocycles. The van der Waals surface area contributed by atoms with Crippen LogP contribution >= 0.6 is 0 Å². The molecule has 0 aromatic rings. The molecule has 0 atom stereocenters. The molecule has 0 fully saturated rings. The van der Waals surface area contributed by atoms with E-state index in [0.717, 1.165) is 12.8 Å². The van der Waals surface area contributed by atoms with Crippen molar-refractivity contribution < 1.29 is 19.8 Å². The monoisotopic (exact) mass is 372 g/mol. The summed E-state index contributed by atoms with van der Waals surface area (Å²) in [7, 11) is 0. The molecular formula is C22H44O4. The number of carbonyl (C=O) groups excluding carboxylic acids is 1. The first-order chi connectivity index (χ1) is 12.3. The highest BCUT2D eigenvalue weighted by atomic mass is 16.4. The third-order valence-electron chi connectivity index (χ3n) is 4.47. The van der Waals surface area contributed by atoms with Gasteiger partial charge in [0.15, 0.2) is 5.78 Å². The molecule has 0 aliphatic heterocycles. The maximum atomic E-state index is 10.6. The van der Waals surface area contributed by atoms with Crippen molar-refractivity contribution in [3.8, 4) is 0 Å². The van der Waals surface area contributed by atoms with Gasteiger partial charge in [-0.3, -0.25) is 9.59 Å². The number of carboxylic acids is 1. The summed E-state index contributed by atoms with van der Waals surface area (Å²) in [6.07, 6.45) is 17.3. The molecule has 0 unspecified atom stereocenters. The zero-order chi connectivity index (χ0) is 20.3. The van der Waals surface area contributed by atoms with Crippen LogP contribution in [0.4, 0.5) is 0 Å². The van der Waals surface area contributed by atoms with E-state index in [4.69, 9.17) is 10.2 Å². The van der Waals surface area contributed by atoms with E-state index in [-0.39, 0.29) is 17.8 Å². The van der Waals surface area contributed by atoms with Crippen LogP contribution in [0.25, 0.3) is 0 Å². The number of hydrogen-bond donors (Lipinski definition) is 2. The number of Topliss-reactive ketones (excluding diaryl/α,β-unsaturated/α-hetero) is 1. The molecule has 4 nitrogen and oxygen atoms in total. The zero-order valence-electron chi connectivity index (χ0n) is 17.8. The highest BCUT2D eigenvalue weighted by Crippen LogP contribution is 2.13. The predicted octanol–water partition coefficient (Wildman–Crippen LogP) is 6.15. The Kier molecular flexibility index (Phi) is 19.8. The molecule has 0 bridgehead atoms. The van der Waals surface area contributed by atoms with Gasteiger partial charge in [0.25, 0.3) is 0 Å². The summed E-state index contributed by atoms with van der Waals surface area (Å²) in [5.41, 5.74) is -0.380. The largest absolute Gasteiger partial charge is 0.481 e. The summed E-state index contributed by atoms with van der Waals surface area (Å²) in [5.74, 6) is -0.768. The van der Waals surface area contributed by atoms with Gasteiger partial charge in [-0.15, -0.1) is 0 Å². The van der Waals surface area contributed by atoms with Crippen LogP contribution in [0.1, 0.15) is 118 Å². The molecule has 0 aliphatic carbocycles. The molecule has 0 heterocycles. The molecule has 0 saturated heterocycles. The number of unbranched alkanes of at least 4 members (excludes halogenated alkanes) is 12. The van der Waals surface area contributed by atoms with E-state index in [0.29, 0.717) is 6.42 Å². The summed E-state index contributed by atoms with van der Waals surface area (Å²) in [4.78, 5) is 20.9. The van der Waals surface area contributed by atoms with Gasteiger partial charge in [0.1, 0.15) is 6.61 Å². The summed E-state index contributed by atoms with van der Waals surface area (Å²) in [5, 5.41) is 16.8. The van der Waals surface area contributed by atoms with Crippen molar-refractivity contribution in [3.63, 3.8) is 0 Å². The molecule has 4 heteroatoms. The minimum Gasteiger partial charge on any atom is -0.481 e. The lowest BCUT2D eigenvalue weighted by Crippen LogP contribution is -2.22. The summed E-state index contributed by atoms with van der Waals surface area (Å²) in [6, 6.07) is 0. The van der Waals surface area contributed by atoms with E-state index in [1.165, 1.54) is 70.6 Å². The zero-order valence-corrected chi connectivity index (χ0v) is 17.8. The average molecular weight is 373 g/mol. The molecule has 0 spiro atoms. The minimum absolute atomic E-state index is 0.113. The number of aliphatic hydroxyl groups excluding tert-OH is 1. The molecule has 0 aliphatic rings. The molecule has 0 aromatic carbocycles. The minimum atomic E-state index is -0.655.